The lowest BCUT2D eigenvalue weighted by Gasteiger charge is -2.30. The zero-order chi connectivity index (χ0) is 29.5. The predicted molar refractivity (Wildman–Crippen MR) is 158 cm³/mol. The van der Waals surface area contributed by atoms with Gasteiger partial charge in [-0.3, -0.25) is 9.52 Å². The topological polar surface area (TPSA) is 120 Å². The highest BCUT2D eigenvalue weighted by molar-refractivity contribution is 7.89. The van der Waals surface area contributed by atoms with Gasteiger partial charge in [0, 0.05) is 32.0 Å². The van der Waals surface area contributed by atoms with Crippen molar-refractivity contribution in [2.45, 2.75) is 134 Å². The molecule has 10 heteroatoms. The van der Waals surface area contributed by atoms with Crippen molar-refractivity contribution in [3.8, 4) is 0 Å². The molecule has 0 aromatic carbocycles. The Hall–Kier alpha value is -1.30. The summed E-state index contributed by atoms with van der Waals surface area (Å²) in [6.07, 6.45) is 21.5. The van der Waals surface area contributed by atoms with Crippen molar-refractivity contribution in [3.05, 3.63) is 24.3 Å². The number of hydrogen-bond donors (Lipinski definition) is 2. The minimum absolute atomic E-state index is 0.0484. The molecule has 9 nitrogen and oxygen atoms in total. The summed E-state index contributed by atoms with van der Waals surface area (Å²) in [5.41, 5.74) is 0. The number of allylic oxidation sites excluding steroid dienone is 2. The minimum Gasteiger partial charge on any atom is -0.392 e. The second kappa shape index (κ2) is 18.4. The molecule has 0 radical (unpaired) electrons. The Morgan fingerprint density at radius 2 is 1.78 bits per heavy atom. The maximum absolute atomic E-state index is 11.8. The molecule has 0 aromatic heterocycles. The fourth-order valence-corrected chi connectivity index (χ4v) is 6.45. The highest BCUT2D eigenvalue weighted by Gasteiger charge is 2.42. The van der Waals surface area contributed by atoms with E-state index in [1.807, 2.05) is 10.8 Å². The average molecular weight is 600 g/mol. The average Bonchev–Trinajstić information content (AvgIpc) is 3.22. The van der Waals surface area contributed by atoms with Gasteiger partial charge in [0.25, 0.3) is 0 Å². The molecule has 2 aliphatic heterocycles. The normalized spacial score (nSPS) is 30.2. The van der Waals surface area contributed by atoms with Crippen LogP contribution in [0.25, 0.3) is 0 Å². The van der Waals surface area contributed by atoms with Crippen LogP contribution in [0.2, 0.25) is 0 Å². The van der Waals surface area contributed by atoms with E-state index in [2.05, 4.69) is 25.2 Å². The first kappa shape index (κ1) is 34.2. The number of nitrogens with one attached hydrogen (secondary N) is 1. The monoisotopic (exact) mass is 599 g/mol. The largest absolute Gasteiger partial charge is 0.392 e. The van der Waals surface area contributed by atoms with Gasteiger partial charge in [0.2, 0.25) is 15.9 Å². The lowest BCUT2D eigenvalue weighted by molar-refractivity contribution is -0.195. The minimum atomic E-state index is -3.53. The highest BCUT2D eigenvalue weighted by Crippen LogP contribution is 2.40. The quantitative estimate of drug-likeness (QED) is 0.174. The second-order valence-electron chi connectivity index (χ2n) is 11.8. The van der Waals surface area contributed by atoms with Crippen LogP contribution >= 0.6 is 0 Å². The van der Waals surface area contributed by atoms with E-state index in [1.54, 1.807) is 0 Å². The molecule has 2 saturated heterocycles. The summed E-state index contributed by atoms with van der Waals surface area (Å²) >= 11 is 0. The molecule has 3 rings (SSSR count). The SMILES string of the molecule is CCCCC[C@@H](/C=C/[C@@H]1[C@@H](C/C=C\CCCC(=O)NS(C)(=O)=O)[C@@H](OC2CCCCO2)C[C@H]1O)OC1CCCCO1. The molecule has 0 aromatic rings. The van der Waals surface area contributed by atoms with Crippen LogP contribution in [0.3, 0.4) is 0 Å². The molecule has 3 aliphatic rings. The van der Waals surface area contributed by atoms with Gasteiger partial charge in [0.05, 0.1) is 24.6 Å². The number of aliphatic hydroxyl groups excluding tert-OH is 1. The molecule has 1 aliphatic carbocycles. The van der Waals surface area contributed by atoms with Gasteiger partial charge in [0.15, 0.2) is 12.6 Å². The van der Waals surface area contributed by atoms with E-state index in [0.29, 0.717) is 25.9 Å². The number of carbonyl (C=O) groups excluding carboxylic acids is 1. The second-order valence-corrected chi connectivity index (χ2v) is 13.5. The van der Waals surface area contributed by atoms with Crippen molar-refractivity contribution in [1.29, 1.82) is 0 Å². The number of hydrogen-bond acceptors (Lipinski definition) is 8. The van der Waals surface area contributed by atoms with Crippen molar-refractivity contribution in [2.24, 2.45) is 11.8 Å². The van der Waals surface area contributed by atoms with Gasteiger partial charge in [-0.1, -0.05) is 50.5 Å². The zero-order valence-electron chi connectivity index (χ0n) is 25.1. The Morgan fingerprint density at radius 1 is 1.05 bits per heavy atom. The van der Waals surface area contributed by atoms with Crippen LogP contribution in [0.15, 0.2) is 24.3 Å². The van der Waals surface area contributed by atoms with Crippen LogP contribution in [0.4, 0.5) is 0 Å². The lowest BCUT2D eigenvalue weighted by atomic mass is 9.89. The summed E-state index contributed by atoms with van der Waals surface area (Å²) in [4.78, 5) is 11.8. The van der Waals surface area contributed by atoms with Gasteiger partial charge >= 0.3 is 0 Å². The first-order valence-corrected chi connectivity index (χ1v) is 17.7. The number of ether oxygens (including phenoxy) is 4. The first-order valence-electron chi connectivity index (χ1n) is 15.8. The molecule has 2 heterocycles. The molecule has 236 valence electrons. The number of aliphatic hydroxyl groups is 1. The Labute approximate surface area is 247 Å². The van der Waals surface area contributed by atoms with Gasteiger partial charge in [-0.25, -0.2) is 8.42 Å². The molecular formula is C31H53NO8S. The summed E-state index contributed by atoms with van der Waals surface area (Å²) in [6.45, 7) is 3.65. The van der Waals surface area contributed by atoms with Crippen LogP contribution in [-0.2, 0) is 33.8 Å². The van der Waals surface area contributed by atoms with E-state index >= 15 is 0 Å². The molecule has 3 fully saturated rings. The smallest absolute Gasteiger partial charge is 0.233 e. The van der Waals surface area contributed by atoms with E-state index in [4.69, 9.17) is 18.9 Å². The molecule has 0 bridgehead atoms. The van der Waals surface area contributed by atoms with Crippen LogP contribution in [0.5, 0.6) is 0 Å². The third-order valence-corrected chi connectivity index (χ3v) is 8.71. The molecule has 41 heavy (non-hydrogen) atoms. The van der Waals surface area contributed by atoms with E-state index < -0.39 is 22.0 Å². The maximum atomic E-state index is 11.8. The standard InChI is InChI=1S/C31H53NO8S/c1-3-4-7-14-24(39-30-17-10-12-21-37-30)19-20-25-26(15-8-5-6-9-16-29(34)32-41(2,35)36)28(23-27(25)33)40-31-18-11-13-22-38-31/h5,8,19-20,24-28,30-31,33H,3-4,6-7,9-18,21-23H2,1-2H3,(H,32,34)/b8-5-,20-19+/t24-,25+,26+,27+,28-,30?,31?/m0/s1. The van der Waals surface area contributed by atoms with Crippen LogP contribution in [0, 0.1) is 11.8 Å². The third-order valence-electron chi connectivity index (χ3n) is 8.11. The predicted octanol–water partition coefficient (Wildman–Crippen LogP) is 5.14. The van der Waals surface area contributed by atoms with Crippen LogP contribution in [-0.4, -0.2) is 69.8 Å². The number of amides is 1. The highest BCUT2D eigenvalue weighted by atomic mass is 32.2. The van der Waals surface area contributed by atoms with E-state index in [9.17, 15) is 18.3 Å². The van der Waals surface area contributed by atoms with E-state index in [0.717, 1.165) is 83.5 Å². The fraction of sp³-hybridized carbons (Fsp3) is 0.839. The summed E-state index contributed by atoms with van der Waals surface area (Å²) in [7, 11) is -3.53. The fourth-order valence-electron chi connectivity index (χ4n) is 5.93. The molecule has 1 saturated carbocycles. The molecule has 2 unspecified atom stereocenters. The number of rotatable bonds is 17. The van der Waals surface area contributed by atoms with E-state index in [-0.39, 0.29) is 43.0 Å². The molecular weight excluding hydrogens is 546 g/mol. The van der Waals surface area contributed by atoms with Gasteiger partial charge in [-0.05, 0) is 70.1 Å². The Morgan fingerprint density at radius 3 is 2.44 bits per heavy atom. The molecule has 7 atom stereocenters. The Balaban J connectivity index is 1.62. The van der Waals surface area contributed by atoms with Crippen molar-refractivity contribution >= 4 is 15.9 Å². The van der Waals surface area contributed by atoms with Crippen molar-refractivity contribution < 1.29 is 37.3 Å². The molecule has 2 N–H and O–H groups in total. The third kappa shape index (κ3) is 13.3. The number of unbranched alkanes of at least 4 members (excludes halogenated alkanes) is 3. The molecule has 0 spiro atoms. The summed E-state index contributed by atoms with van der Waals surface area (Å²) in [6, 6.07) is 0. The van der Waals surface area contributed by atoms with Crippen LogP contribution in [0.1, 0.15) is 103 Å². The van der Waals surface area contributed by atoms with Gasteiger partial charge < -0.3 is 24.1 Å². The number of sulfonamides is 1. The zero-order valence-corrected chi connectivity index (χ0v) is 25.9. The van der Waals surface area contributed by atoms with Crippen molar-refractivity contribution in [2.75, 3.05) is 19.5 Å². The molecule has 1 amide bonds. The Bertz CT molecular complexity index is 911. The van der Waals surface area contributed by atoms with E-state index in [1.165, 1.54) is 0 Å². The Kier molecular flexibility index (Phi) is 15.3. The summed E-state index contributed by atoms with van der Waals surface area (Å²) in [5, 5.41) is 11.1. The summed E-state index contributed by atoms with van der Waals surface area (Å²) in [5.74, 6) is -0.475. The van der Waals surface area contributed by atoms with Gasteiger partial charge in [-0.2, -0.15) is 0 Å². The first-order chi connectivity index (χ1) is 19.7. The van der Waals surface area contributed by atoms with Crippen molar-refractivity contribution in [1.82, 2.24) is 4.72 Å². The maximum Gasteiger partial charge on any atom is 0.233 e. The van der Waals surface area contributed by atoms with Gasteiger partial charge in [-0.15, -0.1) is 0 Å². The van der Waals surface area contributed by atoms with Gasteiger partial charge in [0.1, 0.15) is 0 Å². The lowest BCUT2D eigenvalue weighted by Crippen LogP contribution is -2.31. The summed E-state index contributed by atoms with van der Waals surface area (Å²) < 4.78 is 48.9. The number of carbonyl (C=O) groups is 1. The van der Waals surface area contributed by atoms with Crippen molar-refractivity contribution in [3.63, 3.8) is 0 Å². The van der Waals surface area contributed by atoms with Crippen LogP contribution < -0.4 is 4.72 Å².